The van der Waals surface area contributed by atoms with Gasteiger partial charge in [-0.25, -0.2) is 0 Å². The van der Waals surface area contributed by atoms with Crippen molar-refractivity contribution in [3.63, 3.8) is 0 Å². The molecule has 0 aromatic heterocycles. The standard InChI is InChI=1S/C12H19NO2/c1-8(2)15-11-6-4-5-9(3)12(11)10(14)7-13/h4-6,8,10,14H,7,13H2,1-3H3. The second-order valence-corrected chi connectivity index (χ2v) is 3.90. The van der Waals surface area contributed by atoms with Crippen LogP contribution in [-0.4, -0.2) is 17.8 Å². The maximum absolute atomic E-state index is 9.80. The minimum atomic E-state index is -0.653. The molecule has 3 heteroatoms. The van der Waals surface area contributed by atoms with Crippen LogP contribution < -0.4 is 10.5 Å². The number of benzene rings is 1. The van der Waals surface area contributed by atoms with Gasteiger partial charge in [-0.15, -0.1) is 0 Å². The molecule has 0 heterocycles. The Labute approximate surface area is 90.9 Å². The van der Waals surface area contributed by atoms with Crippen LogP contribution >= 0.6 is 0 Å². The third-order valence-electron chi connectivity index (χ3n) is 2.20. The molecule has 0 bridgehead atoms. The van der Waals surface area contributed by atoms with Gasteiger partial charge in [-0.05, 0) is 32.4 Å². The largest absolute Gasteiger partial charge is 0.491 e. The van der Waals surface area contributed by atoms with Crippen LogP contribution in [0.15, 0.2) is 18.2 Å². The summed E-state index contributed by atoms with van der Waals surface area (Å²) < 4.78 is 5.63. The van der Waals surface area contributed by atoms with Crippen molar-refractivity contribution in [3.8, 4) is 5.75 Å². The Kier molecular flexibility index (Phi) is 4.12. The van der Waals surface area contributed by atoms with E-state index in [4.69, 9.17) is 10.5 Å². The van der Waals surface area contributed by atoms with Gasteiger partial charge in [0, 0.05) is 12.1 Å². The van der Waals surface area contributed by atoms with E-state index in [1.54, 1.807) is 0 Å². The minimum absolute atomic E-state index is 0.0931. The SMILES string of the molecule is Cc1cccc(OC(C)C)c1C(O)CN. The summed E-state index contributed by atoms with van der Waals surface area (Å²) in [5.74, 6) is 0.725. The summed E-state index contributed by atoms with van der Waals surface area (Å²) in [5.41, 5.74) is 7.27. The van der Waals surface area contributed by atoms with E-state index in [9.17, 15) is 5.11 Å². The van der Waals surface area contributed by atoms with Crippen molar-refractivity contribution >= 4 is 0 Å². The van der Waals surface area contributed by atoms with Gasteiger partial charge in [-0.2, -0.15) is 0 Å². The lowest BCUT2D eigenvalue weighted by Gasteiger charge is -2.19. The number of rotatable bonds is 4. The lowest BCUT2D eigenvalue weighted by Crippen LogP contribution is -2.16. The molecule has 0 aliphatic heterocycles. The fourth-order valence-electron chi connectivity index (χ4n) is 1.56. The summed E-state index contributed by atoms with van der Waals surface area (Å²) in [6.45, 7) is 6.07. The van der Waals surface area contributed by atoms with Crippen LogP contribution in [0.5, 0.6) is 5.75 Å². The Morgan fingerprint density at radius 2 is 2.07 bits per heavy atom. The highest BCUT2D eigenvalue weighted by Gasteiger charge is 2.15. The van der Waals surface area contributed by atoms with E-state index < -0.39 is 6.10 Å². The molecular formula is C12H19NO2. The first kappa shape index (κ1) is 12.0. The van der Waals surface area contributed by atoms with Crippen molar-refractivity contribution in [2.75, 3.05) is 6.54 Å². The average Bonchev–Trinajstić information content (AvgIpc) is 2.16. The van der Waals surface area contributed by atoms with Crippen LogP contribution in [0.25, 0.3) is 0 Å². The Balaban J connectivity index is 3.08. The summed E-state index contributed by atoms with van der Waals surface area (Å²) >= 11 is 0. The van der Waals surface area contributed by atoms with Gasteiger partial charge in [-0.1, -0.05) is 12.1 Å². The molecule has 0 spiro atoms. The Hall–Kier alpha value is -1.06. The van der Waals surface area contributed by atoms with Gasteiger partial charge in [0.05, 0.1) is 12.2 Å². The lowest BCUT2D eigenvalue weighted by atomic mass is 10.0. The van der Waals surface area contributed by atoms with Crippen molar-refractivity contribution in [2.24, 2.45) is 5.73 Å². The van der Waals surface area contributed by atoms with Gasteiger partial charge in [0.25, 0.3) is 0 Å². The Morgan fingerprint density at radius 1 is 1.40 bits per heavy atom. The van der Waals surface area contributed by atoms with Crippen LogP contribution in [-0.2, 0) is 0 Å². The lowest BCUT2D eigenvalue weighted by molar-refractivity contribution is 0.172. The fraction of sp³-hybridized carbons (Fsp3) is 0.500. The van der Waals surface area contributed by atoms with Gasteiger partial charge >= 0.3 is 0 Å². The van der Waals surface area contributed by atoms with E-state index in [1.165, 1.54) is 0 Å². The maximum atomic E-state index is 9.80. The summed E-state index contributed by atoms with van der Waals surface area (Å²) in [6, 6.07) is 5.72. The molecule has 1 rings (SSSR count). The molecule has 3 N–H and O–H groups in total. The number of aliphatic hydroxyl groups excluding tert-OH is 1. The van der Waals surface area contributed by atoms with Crippen molar-refractivity contribution in [1.29, 1.82) is 0 Å². The highest BCUT2D eigenvalue weighted by molar-refractivity contribution is 5.41. The topological polar surface area (TPSA) is 55.5 Å². The van der Waals surface area contributed by atoms with Gasteiger partial charge in [-0.3, -0.25) is 0 Å². The van der Waals surface area contributed by atoms with Crippen molar-refractivity contribution < 1.29 is 9.84 Å². The molecule has 3 nitrogen and oxygen atoms in total. The number of hydrogen-bond acceptors (Lipinski definition) is 3. The second-order valence-electron chi connectivity index (χ2n) is 3.90. The molecule has 0 fully saturated rings. The molecule has 0 aliphatic carbocycles. The number of aryl methyl sites for hydroxylation is 1. The van der Waals surface area contributed by atoms with Crippen LogP contribution in [0.2, 0.25) is 0 Å². The van der Waals surface area contributed by atoms with Crippen LogP contribution in [0.4, 0.5) is 0 Å². The molecule has 15 heavy (non-hydrogen) atoms. The normalized spacial score (nSPS) is 12.9. The number of nitrogens with two attached hydrogens (primary N) is 1. The monoisotopic (exact) mass is 209 g/mol. The van der Waals surface area contributed by atoms with Crippen LogP contribution in [0.1, 0.15) is 31.1 Å². The van der Waals surface area contributed by atoms with Crippen LogP contribution in [0, 0.1) is 6.92 Å². The molecule has 0 amide bonds. The molecule has 1 aromatic carbocycles. The predicted molar refractivity (Wildman–Crippen MR) is 61.0 cm³/mol. The summed E-state index contributed by atoms with van der Waals surface area (Å²) in [4.78, 5) is 0. The van der Waals surface area contributed by atoms with E-state index in [1.807, 2.05) is 39.0 Å². The van der Waals surface area contributed by atoms with E-state index >= 15 is 0 Å². The van der Waals surface area contributed by atoms with E-state index in [0.717, 1.165) is 16.9 Å². The number of ether oxygens (including phenoxy) is 1. The minimum Gasteiger partial charge on any atom is -0.491 e. The van der Waals surface area contributed by atoms with Crippen molar-refractivity contribution in [2.45, 2.75) is 33.0 Å². The predicted octanol–water partition coefficient (Wildman–Crippen LogP) is 1.77. The fourth-order valence-corrected chi connectivity index (χ4v) is 1.56. The van der Waals surface area contributed by atoms with E-state index in [0.29, 0.717) is 0 Å². The Bertz CT molecular complexity index is 323. The van der Waals surface area contributed by atoms with Gasteiger partial charge < -0.3 is 15.6 Å². The molecule has 1 atom stereocenters. The van der Waals surface area contributed by atoms with Crippen LogP contribution in [0.3, 0.4) is 0 Å². The zero-order chi connectivity index (χ0) is 11.4. The van der Waals surface area contributed by atoms with Crippen molar-refractivity contribution in [3.05, 3.63) is 29.3 Å². The van der Waals surface area contributed by atoms with Gasteiger partial charge in [0.15, 0.2) is 0 Å². The first-order chi connectivity index (χ1) is 7.06. The number of aliphatic hydroxyl groups is 1. The molecule has 0 radical (unpaired) electrons. The van der Waals surface area contributed by atoms with Gasteiger partial charge in [0.1, 0.15) is 5.75 Å². The Morgan fingerprint density at radius 3 is 2.60 bits per heavy atom. The average molecular weight is 209 g/mol. The quantitative estimate of drug-likeness (QED) is 0.794. The first-order valence-electron chi connectivity index (χ1n) is 5.20. The maximum Gasteiger partial charge on any atom is 0.125 e. The molecular weight excluding hydrogens is 190 g/mol. The first-order valence-corrected chi connectivity index (χ1v) is 5.20. The van der Waals surface area contributed by atoms with Gasteiger partial charge in [0.2, 0.25) is 0 Å². The molecule has 1 aromatic rings. The smallest absolute Gasteiger partial charge is 0.125 e. The third kappa shape index (κ3) is 2.94. The highest BCUT2D eigenvalue weighted by Crippen LogP contribution is 2.28. The highest BCUT2D eigenvalue weighted by atomic mass is 16.5. The molecule has 0 saturated heterocycles. The zero-order valence-electron chi connectivity index (χ0n) is 9.53. The molecule has 0 aliphatic rings. The third-order valence-corrected chi connectivity index (χ3v) is 2.20. The molecule has 84 valence electrons. The molecule has 0 saturated carbocycles. The van der Waals surface area contributed by atoms with E-state index in [2.05, 4.69) is 0 Å². The van der Waals surface area contributed by atoms with E-state index in [-0.39, 0.29) is 12.6 Å². The van der Waals surface area contributed by atoms with Crippen molar-refractivity contribution in [1.82, 2.24) is 0 Å². The molecule has 1 unspecified atom stereocenters. The summed E-state index contributed by atoms with van der Waals surface area (Å²) in [5, 5.41) is 9.80. The summed E-state index contributed by atoms with van der Waals surface area (Å²) in [7, 11) is 0. The zero-order valence-corrected chi connectivity index (χ0v) is 9.53. The number of hydrogen-bond donors (Lipinski definition) is 2. The summed E-state index contributed by atoms with van der Waals surface area (Å²) in [6.07, 6.45) is -0.560. The second kappa shape index (κ2) is 5.14.